The fraction of sp³-hybridized carbons (Fsp3) is 0.375. The van der Waals surface area contributed by atoms with Crippen molar-refractivity contribution >= 4 is 70.7 Å². The van der Waals surface area contributed by atoms with Gasteiger partial charge in [0.2, 0.25) is 0 Å². The van der Waals surface area contributed by atoms with E-state index >= 15 is 0 Å². The molecule has 4 heteroatoms. The first-order valence-corrected chi connectivity index (χ1v) is 30.3. The van der Waals surface area contributed by atoms with E-state index in [1.54, 1.807) is 4.91 Å². The molecule has 2 aromatic heterocycles. The van der Waals surface area contributed by atoms with Crippen LogP contribution in [0.2, 0.25) is 29.6 Å². The monoisotopic (exact) mass is 614 g/mol. The van der Waals surface area contributed by atoms with Gasteiger partial charge in [-0.05, 0) is 0 Å². The van der Waals surface area contributed by atoms with Crippen LogP contribution in [0.5, 0.6) is 0 Å². The van der Waals surface area contributed by atoms with Crippen molar-refractivity contribution in [3.63, 3.8) is 0 Å². The summed E-state index contributed by atoms with van der Waals surface area (Å²) in [5.41, 5.74) is 0. The SMILES string of the molecule is [CH3][Sn]([CH3])([CH3])[c]1ccc(C#Cc2cc[c]([Sn]([CH3])([CH3])[CH3])[se]2)[se]1. The molecular weight excluding hydrogens is 588 g/mol. The second kappa shape index (κ2) is 6.73. The zero-order valence-corrected chi connectivity index (χ0v) is 22.3. The average molecular weight is 610 g/mol. The second-order valence-electron chi connectivity index (χ2n) is 7.08. The third-order valence-electron chi connectivity index (χ3n) is 3.00. The van der Waals surface area contributed by atoms with Gasteiger partial charge in [-0.1, -0.05) is 0 Å². The molecule has 0 fully saturated rings. The molecular formula is C16H22Se2Sn2. The molecule has 0 aromatic carbocycles. The van der Waals surface area contributed by atoms with Gasteiger partial charge in [-0.15, -0.1) is 0 Å². The molecule has 0 aliphatic heterocycles. The van der Waals surface area contributed by atoms with Crippen LogP contribution in [0, 0.1) is 11.8 Å². The molecule has 0 bridgehead atoms. The van der Waals surface area contributed by atoms with Crippen LogP contribution >= 0.6 is 0 Å². The molecule has 0 N–H and O–H groups in total. The molecule has 106 valence electrons. The predicted octanol–water partition coefficient (Wildman–Crippen LogP) is 2.29. The van der Waals surface area contributed by atoms with Crippen LogP contribution < -0.4 is 4.91 Å². The van der Waals surface area contributed by atoms with E-state index in [0.717, 1.165) is 0 Å². The van der Waals surface area contributed by atoms with Crippen LogP contribution in [0.25, 0.3) is 0 Å². The Labute approximate surface area is 143 Å². The van der Waals surface area contributed by atoms with Gasteiger partial charge in [-0.3, -0.25) is 0 Å². The van der Waals surface area contributed by atoms with E-state index in [2.05, 4.69) is 65.7 Å². The molecule has 2 heterocycles. The van der Waals surface area contributed by atoms with Crippen molar-refractivity contribution in [3.05, 3.63) is 33.1 Å². The Hall–Kier alpha value is 1.16. The third-order valence-corrected chi connectivity index (χ3v) is 36.1. The van der Waals surface area contributed by atoms with Gasteiger partial charge in [-0.25, -0.2) is 0 Å². The topological polar surface area (TPSA) is 0 Å². The quantitative estimate of drug-likeness (QED) is 0.363. The Balaban J connectivity index is 2.19. The van der Waals surface area contributed by atoms with Crippen molar-refractivity contribution in [3.8, 4) is 11.8 Å². The molecule has 2 rings (SSSR count). The maximum absolute atomic E-state index is 3.46. The van der Waals surface area contributed by atoms with Crippen molar-refractivity contribution in [1.29, 1.82) is 0 Å². The third kappa shape index (κ3) is 4.83. The predicted molar refractivity (Wildman–Crippen MR) is 98.7 cm³/mol. The van der Waals surface area contributed by atoms with Crippen LogP contribution in [0.1, 0.15) is 8.87 Å². The summed E-state index contributed by atoms with van der Waals surface area (Å²) in [6, 6.07) is 9.32. The summed E-state index contributed by atoms with van der Waals surface area (Å²) in [6.07, 6.45) is 0. The molecule has 0 saturated carbocycles. The summed E-state index contributed by atoms with van der Waals surface area (Å²) < 4.78 is 6.32. The van der Waals surface area contributed by atoms with E-state index in [1.165, 1.54) is 8.87 Å². The molecule has 0 aliphatic carbocycles. The standard InChI is InChI=1S/C10H4Se2.6CH3.2Sn/c1-3-9(11-7-1)5-6-10-4-2-8-12-10;;;;;;;;/h1-4H;6*1H3;;. The maximum atomic E-state index is 3.46. The first kappa shape index (κ1) is 17.5. The first-order chi connectivity index (χ1) is 9.16. The van der Waals surface area contributed by atoms with E-state index < -0.39 is 36.8 Å². The summed E-state index contributed by atoms with van der Waals surface area (Å²) in [4.78, 5) is 15.0. The van der Waals surface area contributed by atoms with E-state index in [-0.39, 0.29) is 0 Å². The van der Waals surface area contributed by atoms with Crippen molar-refractivity contribution in [2.45, 2.75) is 29.6 Å². The first-order valence-electron chi connectivity index (χ1n) is 6.89. The van der Waals surface area contributed by atoms with Gasteiger partial charge >= 0.3 is 145 Å². The fourth-order valence-electron chi connectivity index (χ4n) is 1.74. The van der Waals surface area contributed by atoms with E-state index in [4.69, 9.17) is 0 Å². The Bertz CT molecular complexity index is 599. The Kier molecular flexibility index (Phi) is 5.89. The van der Waals surface area contributed by atoms with Gasteiger partial charge in [0, 0.05) is 0 Å². The van der Waals surface area contributed by atoms with E-state index in [0.29, 0.717) is 29.0 Å². The van der Waals surface area contributed by atoms with E-state index in [9.17, 15) is 0 Å². The van der Waals surface area contributed by atoms with Crippen molar-refractivity contribution in [2.24, 2.45) is 0 Å². The van der Waals surface area contributed by atoms with Crippen LogP contribution in [-0.4, -0.2) is 65.8 Å². The molecule has 0 unspecified atom stereocenters. The van der Waals surface area contributed by atoms with Crippen molar-refractivity contribution in [1.82, 2.24) is 0 Å². The Morgan fingerprint density at radius 3 is 1.25 bits per heavy atom. The number of hydrogen-bond donors (Lipinski definition) is 0. The molecule has 0 nitrogen and oxygen atoms in total. The molecule has 0 amide bonds. The molecule has 0 saturated heterocycles. The molecule has 2 aromatic rings. The minimum atomic E-state index is -1.82. The summed E-state index contributed by atoms with van der Waals surface area (Å²) in [7, 11) is 0. The second-order valence-corrected chi connectivity index (χ2v) is 45.0. The van der Waals surface area contributed by atoms with Gasteiger partial charge in [0.1, 0.15) is 0 Å². The molecule has 0 aliphatic rings. The Morgan fingerprint density at radius 1 is 0.650 bits per heavy atom. The molecule has 0 spiro atoms. The normalized spacial score (nSPS) is 12.1. The van der Waals surface area contributed by atoms with Crippen molar-refractivity contribution in [2.75, 3.05) is 0 Å². The number of rotatable bonds is 2. The van der Waals surface area contributed by atoms with Gasteiger partial charge < -0.3 is 0 Å². The summed E-state index contributed by atoms with van der Waals surface area (Å²) >= 11 is -2.58. The summed E-state index contributed by atoms with van der Waals surface area (Å²) in [6.45, 7) is 0. The average Bonchev–Trinajstić information content (AvgIpc) is 2.94. The van der Waals surface area contributed by atoms with Crippen molar-refractivity contribution < 1.29 is 0 Å². The summed E-state index contributed by atoms with van der Waals surface area (Å²) in [5.74, 6) is 6.91. The van der Waals surface area contributed by atoms with Crippen LogP contribution in [0.4, 0.5) is 0 Å². The van der Waals surface area contributed by atoms with Crippen LogP contribution in [-0.2, 0) is 0 Å². The molecule has 0 atom stereocenters. The minimum absolute atomic E-state index is 0.535. The van der Waals surface area contributed by atoms with Gasteiger partial charge in [0.05, 0.1) is 0 Å². The van der Waals surface area contributed by atoms with Gasteiger partial charge in [-0.2, -0.15) is 0 Å². The fourth-order valence-corrected chi connectivity index (χ4v) is 21.3. The van der Waals surface area contributed by atoms with Gasteiger partial charge in [0.15, 0.2) is 0 Å². The van der Waals surface area contributed by atoms with E-state index in [1.807, 2.05) is 0 Å². The van der Waals surface area contributed by atoms with Crippen LogP contribution in [0.3, 0.4) is 0 Å². The van der Waals surface area contributed by atoms with Crippen LogP contribution in [0.15, 0.2) is 24.3 Å². The molecule has 0 radical (unpaired) electrons. The van der Waals surface area contributed by atoms with Gasteiger partial charge in [0.25, 0.3) is 0 Å². The molecule has 20 heavy (non-hydrogen) atoms. The number of hydrogen-bond acceptors (Lipinski definition) is 0. The zero-order valence-electron chi connectivity index (χ0n) is 13.1. The zero-order chi connectivity index (χ0) is 15.0. The summed E-state index contributed by atoms with van der Waals surface area (Å²) in [5, 5.41) is 0. The Morgan fingerprint density at radius 2 is 1.00 bits per heavy atom.